The summed E-state index contributed by atoms with van der Waals surface area (Å²) >= 11 is 0. The minimum absolute atomic E-state index is 0.0240. The predicted octanol–water partition coefficient (Wildman–Crippen LogP) is 4.87. The molecular formula is C29H30F3N5O3. The first-order chi connectivity index (χ1) is 19.2. The third-order valence-corrected chi connectivity index (χ3v) is 9.85. The molecule has 0 N–H and O–H groups in total. The van der Waals surface area contributed by atoms with E-state index in [1.165, 1.54) is 44.6 Å². The molecular weight excluding hydrogens is 523 g/mol. The zero-order valence-corrected chi connectivity index (χ0v) is 22.0. The average molecular weight is 554 g/mol. The van der Waals surface area contributed by atoms with E-state index < -0.39 is 11.9 Å². The Morgan fingerprint density at radius 1 is 0.900 bits per heavy atom. The lowest BCUT2D eigenvalue weighted by molar-refractivity contribution is -0.142. The van der Waals surface area contributed by atoms with Gasteiger partial charge in [-0.2, -0.15) is 18.3 Å². The van der Waals surface area contributed by atoms with E-state index in [1.807, 2.05) is 0 Å². The fraction of sp³-hybridized carbons (Fsp3) is 0.552. The molecule has 0 spiro atoms. The van der Waals surface area contributed by atoms with E-state index in [1.54, 1.807) is 23.1 Å². The van der Waals surface area contributed by atoms with Crippen LogP contribution in [0.1, 0.15) is 54.7 Å². The number of nitrogens with zero attached hydrogens (tertiary/aromatic N) is 5. The molecule has 40 heavy (non-hydrogen) atoms. The van der Waals surface area contributed by atoms with Crippen LogP contribution < -0.4 is 9.47 Å². The monoisotopic (exact) mass is 553 g/mol. The summed E-state index contributed by atoms with van der Waals surface area (Å²) < 4.78 is 53.8. The number of ether oxygens (including phenoxy) is 2. The van der Waals surface area contributed by atoms with Crippen molar-refractivity contribution >= 4 is 11.6 Å². The van der Waals surface area contributed by atoms with E-state index in [2.05, 4.69) is 15.0 Å². The lowest BCUT2D eigenvalue weighted by Gasteiger charge is -2.61. The summed E-state index contributed by atoms with van der Waals surface area (Å²) in [5.74, 6) is 3.17. The van der Waals surface area contributed by atoms with Crippen LogP contribution in [-0.2, 0) is 6.18 Å². The van der Waals surface area contributed by atoms with E-state index in [4.69, 9.17) is 9.47 Å². The smallest absolute Gasteiger partial charge is 0.433 e. The van der Waals surface area contributed by atoms with E-state index in [9.17, 15) is 18.0 Å². The van der Waals surface area contributed by atoms with Crippen molar-refractivity contribution in [1.82, 2.24) is 24.4 Å². The van der Waals surface area contributed by atoms with Gasteiger partial charge in [-0.1, -0.05) is 0 Å². The number of piperazine rings is 1. The molecule has 8 nitrogen and oxygen atoms in total. The van der Waals surface area contributed by atoms with Crippen LogP contribution in [0.4, 0.5) is 13.2 Å². The summed E-state index contributed by atoms with van der Waals surface area (Å²) in [7, 11) is 0. The van der Waals surface area contributed by atoms with Crippen molar-refractivity contribution in [1.29, 1.82) is 0 Å². The van der Waals surface area contributed by atoms with Crippen LogP contribution >= 0.6 is 0 Å². The Morgan fingerprint density at radius 2 is 1.57 bits per heavy atom. The van der Waals surface area contributed by atoms with E-state index in [0.717, 1.165) is 41.4 Å². The molecule has 4 heterocycles. The van der Waals surface area contributed by atoms with Gasteiger partial charge in [0.2, 0.25) is 6.79 Å². The summed E-state index contributed by atoms with van der Waals surface area (Å²) in [5, 5.41) is 4.11. The van der Waals surface area contributed by atoms with Gasteiger partial charge < -0.3 is 14.4 Å². The predicted molar refractivity (Wildman–Crippen MR) is 138 cm³/mol. The molecule has 4 saturated carbocycles. The Hall–Kier alpha value is -3.34. The molecule has 0 unspecified atom stereocenters. The average Bonchev–Trinajstić information content (AvgIpc) is 3.57. The molecule has 11 heteroatoms. The van der Waals surface area contributed by atoms with Crippen LogP contribution in [-0.4, -0.2) is 68.8 Å². The van der Waals surface area contributed by atoms with Gasteiger partial charge in [0, 0.05) is 43.3 Å². The number of rotatable bonds is 3. The Labute approximate surface area is 229 Å². The molecule has 1 aromatic carbocycles. The lowest BCUT2D eigenvalue weighted by atomic mass is 9.52. The van der Waals surface area contributed by atoms with Crippen molar-refractivity contribution < 1.29 is 27.4 Å². The number of alkyl halides is 3. The topological polar surface area (TPSA) is 72.2 Å². The maximum absolute atomic E-state index is 14.1. The first-order valence-electron chi connectivity index (χ1n) is 14.2. The Balaban J connectivity index is 1.05. The standard InChI is InChI=1S/C29H30F3N5O3/c30-29(31,32)25-11-21(20-1-2-23-24(10-20)40-16-39-23)33-26-12-22(34-37(25)26)27(38)35-3-5-36(6-4-35)28-13-17-7-18(14-28)9-19(8-17)15-28/h1-2,10-12,17-19H,3-9,13-16H2. The van der Waals surface area contributed by atoms with Crippen LogP contribution in [0.5, 0.6) is 11.5 Å². The molecule has 9 rings (SSSR count). The number of amides is 1. The third kappa shape index (κ3) is 3.88. The normalized spacial score (nSPS) is 29.5. The number of halogens is 3. The van der Waals surface area contributed by atoms with Crippen molar-refractivity contribution in [2.75, 3.05) is 33.0 Å². The summed E-state index contributed by atoms with van der Waals surface area (Å²) in [4.78, 5) is 22.2. The van der Waals surface area contributed by atoms with Gasteiger partial charge >= 0.3 is 6.18 Å². The van der Waals surface area contributed by atoms with Crippen LogP contribution in [0.25, 0.3) is 16.9 Å². The molecule has 0 radical (unpaired) electrons. The largest absolute Gasteiger partial charge is 0.454 e. The fourth-order valence-electron chi connectivity index (χ4n) is 8.48. The number of hydrogen-bond donors (Lipinski definition) is 0. The van der Waals surface area contributed by atoms with E-state index in [0.29, 0.717) is 30.2 Å². The highest BCUT2D eigenvalue weighted by Crippen LogP contribution is 2.57. The summed E-state index contributed by atoms with van der Waals surface area (Å²) in [5.41, 5.74) is -0.199. The fourth-order valence-corrected chi connectivity index (χ4v) is 8.48. The van der Waals surface area contributed by atoms with Crippen LogP contribution in [0.15, 0.2) is 30.3 Å². The molecule has 2 aromatic heterocycles. The van der Waals surface area contributed by atoms with Gasteiger partial charge in [-0.25, -0.2) is 9.50 Å². The molecule has 1 amide bonds. The van der Waals surface area contributed by atoms with Gasteiger partial charge in [0.05, 0.1) is 5.69 Å². The zero-order valence-electron chi connectivity index (χ0n) is 22.0. The number of carbonyl (C=O) groups is 1. The number of hydrogen-bond acceptors (Lipinski definition) is 6. The van der Waals surface area contributed by atoms with E-state index in [-0.39, 0.29) is 35.3 Å². The van der Waals surface area contributed by atoms with Gasteiger partial charge in [0.15, 0.2) is 28.5 Å². The van der Waals surface area contributed by atoms with Gasteiger partial charge in [0.25, 0.3) is 5.91 Å². The first kappa shape index (κ1) is 24.5. The highest BCUT2D eigenvalue weighted by atomic mass is 19.4. The second kappa shape index (κ2) is 8.58. The number of benzene rings is 1. The minimum atomic E-state index is -4.69. The SMILES string of the molecule is O=C(c1cc2nc(-c3ccc4c(c3)OCO4)cc(C(F)(F)F)n2n1)N1CCN(C23CC4CC(CC(C4)C2)C3)CC1. The van der Waals surface area contributed by atoms with Crippen molar-refractivity contribution in [3.05, 3.63) is 41.7 Å². The molecule has 2 aliphatic heterocycles. The van der Waals surface area contributed by atoms with Crippen molar-refractivity contribution in [3.8, 4) is 22.8 Å². The Morgan fingerprint density at radius 3 is 2.25 bits per heavy atom. The van der Waals surface area contributed by atoms with Gasteiger partial charge in [-0.05, 0) is 80.5 Å². The molecule has 4 aliphatic carbocycles. The first-order valence-corrected chi connectivity index (χ1v) is 14.2. The van der Waals surface area contributed by atoms with Gasteiger partial charge in [-0.15, -0.1) is 0 Å². The molecule has 4 bridgehead atoms. The lowest BCUT2D eigenvalue weighted by Crippen LogP contribution is -2.64. The number of aromatic nitrogens is 3. The van der Waals surface area contributed by atoms with E-state index >= 15 is 0 Å². The second-order valence-electron chi connectivity index (χ2n) is 12.3. The van der Waals surface area contributed by atoms with Crippen molar-refractivity contribution in [2.45, 2.75) is 50.2 Å². The summed E-state index contributed by atoms with van der Waals surface area (Å²) in [6.07, 6.45) is 3.29. The zero-order chi connectivity index (χ0) is 27.2. The maximum atomic E-state index is 14.1. The molecule has 0 atom stereocenters. The van der Waals surface area contributed by atoms with Crippen LogP contribution in [0.3, 0.4) is 0 Å². The maximum Gasteiger partial charge on any atom is 0.433 e. The molecule has 210 valence electrons. The van der Waals surface area contributed by atoms with Gasteiger partial charge in [-0.3, -0.25) is 9.69 Å². The highest BCUT2D eigenvalue weighted by Gasteiger charge is 2.53. The second-order valence-corrected chi connectivity index (χ2v) is 12.3. The molecule has 1 saturated heterocycles. The van der Waals surface area contributed by atoms with Crippen LogP contribution in [0.2, 0.25) is 0 Å². The highest BCUT2D eigenvalue weighted by molar-refractivity contribution is 5.93. The number of fused-ring (bicyclic) bond motifs is 2. The van der Waals surface area contributed by atoms with Gasteiger partial charge in [0.1, 0.15) is 0 Å². The molecule has 6 aliphatic rings. The summed E-state index contributed by atoms with van der Waals surface area (Å²) in [6, 6.07) is 7.20. The quantitative estimate of drug-likeness (QED) is 0.461. The summed E-state index contributed by atoms with van der Waals surface area (Å²) in [6.45, 7) is 2.76. The minimum Gasteiger partial charge on any atom is -0.454 e. The number of carbonyl (C=O) groups excluding carboxylic acids is 1. The Bertz CT molecular complexity index is 1480. The van der Waals surface area contributed by atoms with Crippen LogP contribution in [0, 0.1) is 17.8 Å². The third-order valence-electron chi connectivity index (χ3n) is 9.85. The Kier molecular flexibility index (Phi) is 5.25. The van der Waals surface area contributed by atoms with Crippen molar-refractivity contribution in [2.24, 2.45) is 17.8 Å². The molecule has 3 aromatic rings. The molecule has 5 fully saturated rings. The van der Waals surface area contributed by atoms with Crippen molar-refractivity contribution in [3.63, 3.8) is 0 Å².